The van der Waals surface area contributed by atoms with Crippen LogP contribution in [0.15, 0.2) is 30.3 Å². The standard InChI is InChI=1S/C15H18N4/c1-10-5-4-8-19(10)15-12(14(16)17)9-11-6-2-3-7-13(11)18-15/h2-3,6-7,9-10H,4-5,8H2,1H3,(H3,16,17). The smallest absolute Gasteiger partial charge is 0.140 e. The van der Waals surface area contributed by atoms with E-state index in [9.17, 15) is 0 Å². The largest absolute Gasteiger partial charge is 0.384 e. The lowest BCUT2D eigenvalue weighted by molar-refractivity contribution is 0.728. The van der Waals surface area contributed by atoms with Crippen molar-refractivity contribution in [1.82, 2.24) is 4.98 Å². The van der Waals surface area contributed by atoms with Crippen LogP contribution >= 0.6 is 0 Å². The van der Waals surface area contributed by atoms with E-state index >= 15 is 0 Å². The maximum absolute atomic E-state index is 7.79. The lowest BCUT2D eigenvalue weighted by Crippen LogP contribution is -2.30. The van der Waals surface area contributed by atoms with Crippen LogP contribution in [-0.2, 0) is 0 Å². The number of rotatable bonds is 2. The minimum absolute atomic E-state index is 0.0901. The summed E-state index contributed by atoms with van der Waals surface area (Å²) in [5.74, 6) is 0.948. The third-order valence-corrected chi connectivity index (χ3v) is 3.82. The maximum atomic E-state index is 7.79. The first-order valence-electron chi connectivity index (χ1n) is 6.67. The van der Waals surface area contributed by atoms with Gasteiger partial charge < -0.3 is 10.6 Å². The zero-order valence-corrected chi connectivity index (χ0v) is 11.1. The number of hydrogen-bond donors (Lipinski definition) is 2. The van der Waals surface area contributed by atoms with Crippen molar-refractivity contribution < 1.29 is 0 Å². The first-order chi connectivity index (χ1) is 9.16. The highest BCUT2D eigenvalue weighted by atomic mass is 15.2. The van der Waals surface area contributed by atoms with E-state index in [2.05, 4.69) is 11.8 Å². The molecule has 2 aromatic rings. The Morgan fingerprint density at radius 3 is 2.89 bits per heavy atom. The van der Waals surface area contributed by atoms with Crippen molar-refractivity contribution in [3.8, 4) is 0 Å². The highest BCUT2D eigenvalue weighted by Gasteiger charge is 2.25. The Morgan fingerprint density at radius 2 is 2.21 bits per heavy atom. The van der Waals surface area contributed by atoms with Gasteiger partial charge in [0, 0.05) is 18.0 Å². The van der Waals surface area contributed by atoms with E-state index in [1.165, 1.54) is 12.8 Å². The third kappa shape index (κ3) is 2.03. The van der Waals surface area contributed by atoms with Crippen LogP contribution in [0.5, 0.6) is 0 Å². The maximum Gasteiger partial charge on any atom is 0.140 e. The summed E-state index contributed by atoms with van der Waals surface area (Å²) in [6, 6.07) is 10.4. The molecule has 19 heavy (non-hydrogen) atoms. The lowest BCUT2D eigenvalue weighted by atomic mass is 10.1. The molecule has 0 radical (unpaired) electrons. The molecule has 98 valence electrons. The van der Waals surface area contributed by atoms with Gasteiger partial charge in [0.1, 0.15) is 11.7 Å². The van der Waals surface area contributed by atoms with E-state index in [1.807, 2.05) is 30.3 Å². The van der Waals surface area contributed by atoms with Crippen LogP contribution in [0.2, 0.25) is 0 Å². The number of nitrogens with two attached hydrogens (primary N) is 1. The Labute approximate surface area is 112 Å². The van der Waals surface area contributed by atoms with Gasteiger partial charge in [-0.25, -0.2) is 4.98 Å². The molecule has 1 unspecified atom stereocenters. The monoisotopic (exact) mass is 254 g/mol. The van der Waals surface area contributed by atoms with Gasteiger partial charge in [-0.05, 0) is 31.9 Å². The zero-order chi connectivity index (χ0) is 13.4. The second kappa shape index (κ2) is 4.53. The molecule has 1 aromatic heterocycles. The molecule has 1 fully saturated rings. The van der Waals surface area contributed by atoms with Crippen LogP contribution in [0.4, 0.5) is 5.82 Å². The molecule has 3 rings (SSSR count). The number of anilines is 1. The Morgan fingerprint density at radius 1 is 1.42 bits per heavy atom. The van der Waals surface area contributed by atoms with Crippen molar-refractivity contribution in [3.63, 3.8) is 0 Å². The Bertz CT molecular complexity index is 635. The minimum atomic E-state index is 0.0901. The summed E-state index contributed by atoms with van der Waals surface area (Å²) in [6.07, 6.45) is 2.35. The van der Waals surface area contributed by atoms with Crippen molar-refractivity contribution in [3.05, 3.63) is 35.9 Å². The van der Waals surface area contributed by atoms with Gasteiger partial charge in [0.2, 0.25) is 0 Å². The summed E-state index contributed by atoms with van der Waals surface area (Å²) in [5, 5.41) is 8.82. The Balaban J connectivity index is 2.20. The van der Waals surface area contributed by atoms with Crippen molar-refractivity contribution >= 4 is 22.6 Å². The number of fused-ring (bicyclic) bond motifs is 1. The van der Waals surface area contributed by atoms with Crippen molar-refractivity contribution in [1.29, 1.82) is 5.41 Å². The van der Waals surface area contributed by atoms with Crippen LogP contribution in [0.3, 0.4) is 0 Å². The molecule has 1 atom stereocenters. The molecule has 1 aromatic carbocycles. The summed E-state index contributed by atoms with van der Waals surface area (Å²) < 4.78 is 0. The second-order valence-electron chi connectivity index (χ2n) is 5.15. The van der Waals surface area contributed by atoms with Gasteiger partial charge in [-0.15, -0.1) is 0 Å². The number of hydrogen-bond acceptors (Lipinski definition) is 3. The van der Waals surface area contributed by atoms with E-state index in [1.54, 1.807) is 0 Å². The van der Waals surface area contributed by atoms with Crippen molar-refractivity contribution in [2.24, 2.45) is 5.73 Å². The molecule has 1 saturated heterocycles. The van der Waals surface area contributed by atoms with Gasteiger partial charge in [0.05, 0.1) is 11.1 Å². The number of aromatic nitrogens is 1. The third-order valence-electron chi connectivity index (χ3n) is 3.82. The fraction of sp³-hybridized carbons (Fsp3) is 0.333. The van der Waals surface area contributed by atoms with E-state index in [0.29, 0.717) is 6.04 Å². The molecule has 1 aliphatic heterocycles. The SMILES string of the molecule is CC1CCCN1c1nc2ccccc2cc1C(=N)N. The van der Waals surface area contributed by atoms with Gasteiger partial charge in [-0.1, -0.05) is 18.2 Å². The highest BCUT2D eigenvalue weighted by Crippen LogP contribution is 2.29. The molecule has 0 spiro atoms. The van der Waals surface area contributed by atoms with Gasteiger partial charge in [0.15, 0.2) is 0 Å². The van der Waals surface area contributed by atoms with Crippen molar-refractivity contribution in [2.45, 2.75) is 25.8 Å². The van der Waals surface area contributed by atoms with Crippen LogP contribution in [0, 0.1) is 5.41 Å². The number of benzene rings is 1. The van der Waals surface area contributed by atoms with Gasteiger partial charge in [-0.3, -0.25) is 5.41 Å². The molecule has 4 nitrogen and oxygen atoms in total. The topological polar surface area (TPSA) is 66.0 Å². The molecule has 1 aliphatic rings. The summed E-state index contributed by atoms with van der Waals surface area (Å²) >= 11 is 0. The van der Waals surface area contributed by atoms with Crippen LogP contribution in [-0.4, -0.2) is 23.4 Å². The first-order valence-corrected chi connectivity index (χ1v) is 6.67. The molecule has 4 heteroatoms. The summed E-state index contributed by atoms with van der Waals surface area (Å²) in [6.45, 7) is 3.20. The number of pyridine rings is 1. The van der Waals surface area contributed by atoms with E-state index < -0.39 is 0 Å². The Hall–Kier alpha value is -2.10. The fourth-order valence-electron chi connectivity index (χ4n) is 2.77. The van der Waals surface area contributed by atoms with Gasteiger partial charge in [0.25, 0.3) is 0 Å². The van der Waals surface area contributed by atoms with Crippen LogP contribution < -0.4 is 10.6 Å². The quantitative estimate of drug-likeness (QED) is 0.639. The highest BCUT2D eigenvalue weighted by molar-refractivity contribution is 6.03. The minimum Gasteiger partial charge on any atom is -0.384 e. The summed E-state index contributed by atoms with van der Waals surface area (Å²) in [7, 11) is 0. The molecule has 2 heterocycles. The average Bonchev–Trinajstić information content (AvgIpc) is 2.83. The predicted octanol–water partition coefficient (Wildman–Crippen LogP) is 2.51. The lowest BCUT2D eigenvalue weighted by Gasteiger charge is -2.25. The number of para-hydroxylation sites is 1. The zero-order valence-electron chi connectivity index (χ0n) is 11.1. The molecule has 0 amide bonds. The molecule has 0 aliphatic carbocycles. The summed E-state index contributed by atoms with van der Waals surface area (Å²) in [5.41, 5.74) is 7.44. The number of amidine groups is 1. The molecule has 0 saturated carbocycles. The van der Waals surface area contributed by atoms with Gasteiger partial charge >= 0.3 is 0 Å². The average molecular weight is 254 g/mol. The van der Waals surface area contributed by atoms with Gasteiger partial charge in [-0.2, -0.15) is 0 Å². The number of nitrogen functional groups attached to an aromatic ring is 1. The van der Waals surface area contributed by atoms with E-state index in [4.69, 9.17) is 16.1 Å². The normalized spacial score (nSPS) is 19.0. The second-order valence-corrected chi connectivity index (χ2v) is 5.15. The van der Waals surface area contributed by atoms with Crippen LogP contribution in [0.25, 0.3) is 10.9 Å². The van der Waals surface area contributed by atoms with E-state index in [0.717, 1.165) is 28.8 Å². The van der Waals surface area contributed by atoms with E-state index in [-0.39, 0.29) is 5.84 Å². The van der Waals surface area contributed by atoms with Crippen molar-refractivity contribution in [2.75, 3.05) is 11.4 Å². The fourth-order valence-corrected chi connectivity index (χ4v) is 2.77. The Kier molecular flexibility index (Phi) is 2.85. The number of nitrogens with one attached hydrogen (secondary N) is 1. The number of nitrogens with zero attached hydrogens (tertiary/aromatic N) is 2. The predicted molar refractivity (Wildman–Crippen MR) is 78.8 cm³/mol. The molecule has 0 bridgehead atoms. The first kappa shape index (κ1) is 12.0. The molecular weight excluding hydrogens is 236 g/mol. The van der Waals surface area contributed by atoms with Crippen LogP contribution in [0.1, 0.15) is 25.3 Å². The molecule has 3 N–H and O–H groups in total. The summed E-state index contributed by atoms with van der Waals surface area (Å²) in [4.78, 5) is 7.00. The molecular formula is C15H18N4.